The third-order valence-corrected chi connectivity index (χ3v) is 4.52. The lowest BCUT2D eigenvalue weighted by atomic mass is 10.0. The van der Waals surface area contributed by atoms with Gasteiger partial charge in [-0.25, -0.2) is 9.78 Å². The molecule has 2 aromatic rings. The van der Waals surface area contributed by atoms with Crippen LogP contribution < -0.4 is 5.32 Å². The molecule has 2 N–H and O–H groups in total. The number of rotatable bonds is 4. The number of benzene rings is 1. The Bertz CT molecular complexity index is 703. The fourth-order valence-electron chi connectivity index (χ4n) is 2.64. The van der Waals surface area contributed by atoms with Gasteiger partial charge in [-0.2, -0.15) is 0 Å². The summed E-state index contributed by atoms with van der Waals surface area (Å²) in [6.45, 7) is 2.89. The van der Waals surface area contributed by atoms with Gasteiger partial charge in [0.2, 0.25) is 0 Å². The molecule has 3 rings (SSSR count). The van der Waals surface area contributed by atoms with E-state index in [0.29, 0.717) is 12.0 Å². The molecular formula is C15H16N2O2S. The summed E-state index contributed by atoms with van der Waals surface area (Å²) in [6, 6.07) is 6.03. The van der Waals surface area contributed by atoms with Crippen molar-refractivity contribution < 1.29 is 9.90 Å². The highest BCUT2D eigenvalue weighted by Gasteiger charge is 2.21. The zero-order valence-electron chi connectivity index (χ0n) is 11.3. The number of aromatic nitrogens is 1. The monoisotopic (exact) mass is 288 g/mol. The van der Waals surface area contributed by atoms with Crippen LogP contribution in [-0.2, 0) is 4.79 Å². The highest BCUT2D eigenvalue weighted by molar-refractivity contribution is 7.22. The minimum Gasteiger partial charge on any atom is -0.478 e. The lowest BCUT2D eigenvalue weighted by Gasteiger charge is -2.04. The second kappa shape index (κ2) is 5.25. The Labute approximate surface area is 121 Å². The van der Waals surface area contributed by atoms with Crippen molar-refractivity contribution in [1.29, 1.82) is 0 Å². The molecule has 0 bridgehead atoms. The third-order valence-electron chi connectivity index (χ3n) is 3.54. The van der Waals surface area contributed by atoms with Crippen LogP contribution in [0.2, 0.25) is 0 Å². The average molecular weight is 288 g/mol. The zero-order valence-corrected chi connectivity index (χ0v) is 12.1. The normalized spacial score (nSPS) is 15.1. The van der Waals surface area contributed by atoms with Gasteiger partial charge >= 0.3 is 5.97 Å². The van der Waals surface area contributed by atoms with Gasteiger partial charge in [0.1, 0.15) is 0 Å². The van der Waals surface area contributed by atoms with Crippen LogP contribution in [0.25, 0.3) is 15.8 Å². The van der Waals surface area contributed by atoms with Gasteiger partial charge in [0, 0.05) is 12.1 Å². The van der Waals surface area contributed by atoms with Crippen molar-refractivity contribution in [2.24, 2.45) is 0 Å². The molecule has 0 amide bonds. The highest BCUT2D eigenvalue weighted by atomic mass is 32.1. The van der Waals surface area contributed by atoms with Gasteiger partial charge < -0.3 is 10.4 Å². The molecule has 4 nitrogen and oxygen atoms in total. The number of allylic oxidation sites excluding steroid dienone is 1. The summed E-state index contributed by atoms with van der Waals surface area (Å²) in [6.07, 6.45) is 2.46. The van der Waals surface area contributed by atoms with Crippen molar-refractivity contribution in [1.82, 2.24) is 4.98 Å². The first kappa shape index (κ1) is 13.1. The molecule has 1 aliphatic rings. The Hall–Kier alpha value is -1.88. The summed E-state index contributed by atoms with van der Waals surface area (Å²) in [5.74, 6) is -0.782. The fraction of sp³-hybridized carbons (Fsp3) is 0.333. The van der Waals surface area contributed by atoms with Crippen molar-refractivity contribution in [3.63, 3.8) is 0 Å². The largest absolute Gasteiger partial charge is 0.478 e. The van der Waals surface area contributed by atoms with E-state index in [1.54, 1.807) is 11.3 Å². The summed E-state index contributed by atoms with van der Waals surface area (Å²) in [5.41, 5.74) is 3.54. The maximum absolute atomic E-state index is 11.3. The second-order valence-electron chi connectivity index (χ2n) is 4.85. The number of aliphatic carboxylic acids is 1. The van der Waals surface area contributed by atoms with Gasteiger partial charge in [-0.1, -0.05) is 17.4 Å². The topological polar surface area (TPSA) is 62.2 Å². The van der Waals surface area contributed by atoms with E-state index in [-0.39, 0.29) is 0 Å². The maximum Gasteiger partial charge on any atom is 0.331 e. The van der Waals surface area contributed by atoms with E-state index >= 15 is 0 Å². The number of nitrogens with zero attached hydrogens (tertiary/aromatic N) is 1. The lowest BCUT2D eigenvalue weighted by molar-refractivity contribution is -0.132. The van der Waals surface area contributed by atoms with Gasteiger partial charge in [0.15, 0.2) is 5.13 Å². The minimum atomic E-state index is -0.782. The van der Waals surface area contributed by atoms with E-state index in [1.165, 1.54) is 0 Å². The molecule has 0 saturated carbocycles. The fourth-order valence-corrected chi connectivity index (χ4v) is 3.61. The molecular weight excluding hydrogens is 272 g/mol. The van der Waals surface area contributed by atoms with E-state index in [2.05, 4.69) is 16.4 Å². The zero-order chi connectivity index (χ0) is 14.1. The van der Waals surface area contributed by atoms with Crippen molar-refractivity contribution >= 4 is 38.2 Å². The molecule has 0 aliphatic heterocycles. The number of hydrogen-bond acceptors (Lipinski definition) is 4. The molecule has 0 radical (unpaired) electrons. The first-order valence-corrected chi connectivity index (χ1v) is 7.61. The molecule has 1 aromatic carbocycles. The van der Waals surface area contributed by atoms with Crippen LogP contribution in [0.4, 0.5) is 5.13 Å². The number of nitrogens with one attached hydrogen (secondary N) is 1. The van der Waals surface area contributed by atoms with Crippen LogP contribution in [0.1, 0.15) is 31.7 Å². The lowest BCUT2D eigenvalue weighted by Crippen LogP contribution is -1.99. The predicted octanol–water partition coefficient (Wildman–Crippen LogP) is 3.75. The quantitative estimate of drug-likeness (QED) is 0.899. The van der Waals surface area contributed by atoms with Crippen LogP contribution in [-0.4, -0.2) is 22.6 Å². The second-order valence-corrected chi connectivity index (χ2v) is 5.88. The summed E-state index contributed by atoms with van der Waals surface area (Å²) in [5, 5.41) is 13.4. The molecule has 1 aromatic heterocycles. The number of carbonyl (C=O) groups is 1. The van der Waals surface area contributed by atoms with Gasteiger partial charge in [-0.3, -0.25) is 0 Å². The number of hydrogen-bond donors (Lipinski definition) is 2. The summed E-state index contributed by atoms with van der Waals surface area (Å²) in [4.78, 5) is 15.8. The summed E-state index contributed by atoms with van der Waals surface area (Å²) >= 11 is 1.61. The Balaban J connectivity index is 2.04. The molecule has 0 atom stereocenters. The van der Waals surface area contributed by atoms with Crippen LogP contribution in [0, 0.1) is 0 Å². The Morgan fingerprint density at radius 3 is 3.05 bits per heavy atom. The summed E-state index contributed by atoms with van der Waals surface area (Å²) in [7, 11) is 0. The average Bonchev–Trinajstić information content (AvgIpc) is 3.04. The van der Waals surface area contributed by atoms with Gasteiger partial charge in [-0.05, 0) is 49.5 Å². The van der Waals surface area contributed by atoms with Crippen LogP contribution in [0.3, 0.4) is 0 Å². The number of anilines is 1. The van der Waals surface area contributed by atoms with Crippen LogP contribution in [0.15, 0.2) is 23.8 Å². The molecule has 0 unspecified atom stereocenters. The Morgan fingerprint density at radius 1 is 1.45 bits per heavy atom. The number of fused-ring (bicyclic) bond motifs is 1. The summed E-state index contributed by atoms with van der Waals surface area (Å²) < 4.78 is 1.10. The van der Waals surface area contributed by atoms with Crippen molar-refractivity contribution in [2.45, 2.75) is 26.2 Å². The third kappa shape index (κ3) is 2.29. The molecule has 0 saturated heterocycles. The van der Waals surface area contributed by atoms with Gasteiger partial charge in [0.05, 0.1) is 10.2 Å². The molecule has 5 heteroatoms. The van der Waals surface area contributed by atoms with Crippen molar-refractivity contribution in [3.05, 3.63) is 29.3 Å². The maximum atomic E-state index is 11.3. The SMILES string of the molecule is CCNc1nc2ccc(C3=C(C(=O)O)CCC3)cc2s1. The first-order valence-electron chi connectivity index (χ1n) is 6.79. The van der Waals surface area contributed by atoms with Crippen molar-refractivity contribution in [2.75, 3.05) is 11.9 Å². The van der Waals surface area contributed by atoms with Crippen LogP contribution >= 0.6 is 11.3 Å². The number of carboxylic acids is 1. The van der Waals surface area contributed by atoms with Crippen molar-refractivity contribution in [3.8, 4) is 0 Å². The molecule has 104 valence electrons. The highest BCUT2D eigenvalue weighted by Crippen LogP contribution is 2.36. The van der Waals surface area contributed by atoms with E-state index in [9.17, 15) is 9.90 Å². The van der Waals surface area contributed by atoms with Gasteiger partial charge in [0.25, 0.3) is 0 Å². The molecule has 20 heavy (non-hydrogen) atoms. The Kier molecular flexibility index (Phi) is 3.44. The molecule has 1 aliphatic carbocycles. The first-order chi connectivity index (χ1) is 9.69. The molecule has 0 spiro atoms. The van der Waals surface area contributed by atoms with Crippen LogP contribution in [0.5, 0.6) is 0 Å². The van der Waals surface area contributed by atoms with E-state index in [4.69, 9.17) is 0 Å². The number of thiazole rings is 1. The van der Waals surface area contributed by atoms with E-state index < -0.39 is 5.97 Å². The van der Waals surface area contributed by atoms with Gasteiger partial charge in [-0.15, -0.1) is 0 Å². The minimum absolute atomic E-state index is 0.570. The predicted molar refractivity (Wildman–Crippen MR) is 82.2 cm³/mol. The Morgan fingerprint density at radius 2 is 2.30 bits per heavy atom. The molecule has 1 heterocycles. The standard InChI is InChI=1S/C15H16N2O2S/c1-2-16-15-17-12-7-6-9(8-13(12)20-15)10-4-3-5-11(10)14(18)19/h6-8H,2-5H2,1H3,(H,16,17)(H,18,19). The number of carboxylic acid groups (broad SMARTS) is 1. The van der Waals surface area contributed by atoms with E-state index in [1.807, 2.05) is 19.1 Å². The smallest absolute Gasteiger partial charge is 0.331 e. The van der Waals surface area contributed by atoms with E-state index in [0.717, 1.165) is 45.9 Å². The molecule has 0 fully saturated rings.